The molecule has 1 aromatic heterocycles. The first kappa shape index (κ1) is 16.8. The van der Waals surface area contributed by atoms with Gasteiger partial charge >= 0.3 is 12.0 Å². The molecular weight excluding hydrogens is 336 g/mol. The maximum absolute atomic E-state index is 12.0. The summed E-state index contributed by atoms with van der Waals surface area (Å²) < 4.78 is 32.3. The van der Waals surface area contributed by atoms with Crippen molar-refractivity contribution in [1.82, 2.24) is 4.98 Å². The monoisotopic (exact) mass is 350 g/mol. The molecule has 22 heavy (non-hydrogen) atoms. The van der Waals surface area contributed by atoms with E-state index >= 15 is 0 Å². The molecule has 0 N–H and O–H groups in total. The van der Waals surface area contributed by atoms with Crippen LogP contribution in [0.4, 0.5) is 6.01 Å². The fourth-order valence-electron chi connectivity index (χ4n) is 2.24. The van der Waals surface area contributed by atoms with Gasteiger partial charge in [-0.2, -0.15) is 4.98 Å². The Bertz CT molecular complexity index is 698. The molecule has 0 aromatic carbocycles. The molecule has 1 aromatic rings. The molecule has 1 aliphatic rings. The van der Waals surface area contributed by atoms with Crippen LogP contribution in [0.15, 0.2) is 4.42 Å². The molecule has 122 valence electrons. The molecule has 8 nitrogen and oxygen atoms in total. The van der Waals surface area contributed by atoms with E-state index in [4.69, 9.17) is 19.8 Å². The largest absolute Gasteiger partial charge is 0.460 e. The molecule has 1 aliphatic heterocycles. The minimum absolute atomic E-state index is 0.0299. The number of nitrogens with zero attached hydrogens (tertiary/aromatic N) is 2. The maximum Gasteiger partial charge on any atom is 0.376 e. The first-order valence-electron chi connectivity index (χ1n) is 6.58. The quantitative estimate of drug-likeness (QED) is 0.577. The normalized spacial score (nSPS) is 18.8. The number of halogens is 1. The number of carbonyl (C=O) groups excluding carboxylic acids is 2. The van der Waals surface area contributed by atoms with Crippen molar-refractivity contribution in [3.63, 3.8) is 0 Å². The number of esters is 1. The molecule has 1 fully saturated rings. The van der Waals surface area contributed by atoms with E-state index in [0.717, 1.165) is 0 Å². The van der Waals surface area contributed by atoms with Gasteiger partial charge in [0, 0.05) is 29.6 Å². The summed E-state index contributed by atoms with van der Waals surface area (Å²) in [6.07, 6.45) is 0.0299. The van der Waals surface area contributed by atoms with Crippen molar-refractivity contribution >= 4 is 37.6 Å². The molecule has 0 bridgehead atoms. The second-order valence-electron chi connectivity index (χ2n) is 4.91. The molecular formula is C12H15ClN2O6S. The summed E-state index contributed by atoms with van der Waals surface area (Å²) in [6.45, 7) is 3.52. The zero-order valence-corrected chi connectivity index (χ0v) is 13.6. The third-order valence-corrected chi connectivity index (χ3v) is 4.36. The number of carbonyl (C=O) groups is 2. The molecule has 1 atom stereocenters. The number of ether oxygens (including phenoxy) is 1. The molecule has 0 radical (unpaired) electrons. The summed E-state index contributed by atoms with van der Waals surface area (Å²) in [4.78, 5) is 28.9. The van der Waals surface area contributed by atoms with Crippen molar-refractivity contribution in [3.05, 3.63) is 11.5 Å². The van der Waals surface area contributed by atoms with Crippen LogP contribution in [0.2, 0.25) is 0 Å². The van der Waals surface area contributed by atoms with Gasteiger partial charge in [0.05, 0.1) is 18.1 Å². The van der Waals surface area contributed by atoms with Gasteiger partial charge in [-0.1, -0.05) is 0 Å². The molecule has 10 heteroatoms. The van der Waals surface area contributed by atoms with Crippen molar-refractivity contribution in [3.8, 4) is 0 Å². The predicted molar refractivity (Wildman–Crippen MR) is 77.3 cm³/mol. The molecule has 2 rings (SSSR count). The van der Waals surface area contributed by atoms with Crippen LogP contribution in [0.5, 0.6) is 0 Å². The second-order valence-corrected chi connectivity index (χ2v) is 7.73. The lowest BCUT2D eigenvalue weighted by atomic mass is 10.1. The molecule has 1 unspecified atom stereocenters. The standard InChI is InChI=1S/C12H15ClN2O6S/c1-3-20-11(17)10-7(2)14-12(21-10)15-5-8(4-9(15)16)6-22(13,18)19/h8H,3-6H2,1-2H3. The maximum atomic E-state index is 12.0. The van der Waals surface area contributed by atoms with Gasteiger partial charge < -0.3 is 9.15 Å². The Hall–Kier alpha value is -1.61. The number of amides is 1. The number of anilines is 1. The summed E-state index contributed by atoms with van der Waals surface area (Å²) in [7, 11) is 1.51. The highest BCUT2D eigenvalue weighted by Gasteiger charge is 2.36. The van der Waals surface area contributed by atoms with E-state index in [0.29, 0.717) is 5.69 Å². The summed E-state index contributed by atoms with van der Waals surface area (Å²) in [5.74, 6) is -1.81. The van der Waals surface area contributed by atoms with Crippen LogP contribution in [-0.4, -0.2) is 44.2 Å². The summed E-state index contributed by atoms with van der Waals surface area (Å²) in [5, 5.41) is 0. The van der Waals surface area contributed by atoms with Crippen LogP contribution < -0.4 is 4.90 Å². The number of aromatic nitrogens is 1. The fourth-order valence-corrected chi connectivity index (χ4v) is 3.56. The van der Waals surface area contributed by atoms with Crippen LogP contribution in [0.3, 0.4) is 0 Å². The van der Waals surface area contributed by atoms with Gasteiger partial charge in [0.2, 0.25) is 20.7 Å². The average molecular weight is 351 g/mol. The lowest BCUT2D eigenvalue weighted by molar-refractivity contribution is -0.117. The number of oxazole rings is 1. The molecule has 0 aliphatic carbocycles. The van der Waals surface area contributed by atoms with E-state index in [9.17, 15) is 18.0 Å². The predicted octanol–water partition coefficient (Wildman–Crippen LogP) is 1.08. The molecule has 2 heterocycles. The number of hydrogen-bond acceptors (Lipinski definition) is 7. The highest BCUT2D eigenvalue weighted by Crippen LogP contribution is 2.28. The third-order valence-electron chi connectivity index (χ3n) is 3.12. The topological polar surface area (TPSA) is 107 Å². The summed E-state index contributed by atoms with van der Waals surface area (Å²) in [5.41, 5.74) is 0.301. The molecule has 0 saturated carbocycles. The average Bonchev–Trinajstić information content (AvgIpc) is 2.91. The van der Waals surface area contributed by atoms with Gasteiger partial charge in [0.25, 0.3) is 0 Å². The van der Waals surface area contributed by atoms with Crippen LogP contribution in [-0.2, 0) is 18.6 Å². The van der Waals surface area contributed by atoms with Crippen molar-refractivity contribution in [2.45, 2.75) is 20.3 Å². The van der Waals surface area contributed by atoms with Gasteiger partial charge in [-0.15, -0.1) is 0 Å². The van der Waals surface area contributed by atoms with Crippen molar-refractivity contribution in [2.75, 3.05) is 23.8 Å². The lowest BCUT2D eigenvalue weighted by Gasteiger charge is -2.10. The van der Waals surface area contributed by atoms with Crippen molar-refractivity contribution < 1.29 is 27.2 Å². The summed E-state index contributed by atoms with van der Waals surface area (Å²) >= 11 is 0. The SMILES string of the molecule is CCOC(=O)c1oc(N2CC(CS(=O)(=O)Cl)CC2=O)nc1C. The van der Waals surface area contributed by atoms with E-state index < -0.39 is 20.9 Å². The van der Waals surface area contributed by atoms with E-state index in [1.54, 1.807) is 13.8 Å². The zero-order chi connectivity index (χ0) is 16.5. The fraction of sp³-hybridized carbons (Fsp3) is 0.583. The highest BCUT2D eigenvalue weighted by molar-refractivity contribution is 8.13. The molecule has 1 saturated heterocycles. The second kappa shape index (κ2) is 6.25. The minimum atomic E-state index is -3.69. The first-order chi connectivity index (χ1) is 10.2. The van der Waals surface area contributed by atoms with E-state index in [1.807, 2.05) is 0 Å². The number of aryl methyl sites for hydroxylation is 1. The van der Waals surface area contributed by atoms with Gasteiger partial charge in [-0.25, -0.2) is 13.2 Å². The van der Waals surface area contributed by atoms with Crippen LogP contribution in [0.1, 0.15) is 29.6 Å². The Morgan fingerprint density at radius 3 is 2.82 bits per heavy atom. The van der Waals surface area contributed by atoms with Gasteiger partial charge in [-0.05, 0) is 13.8 Å². The van der Waals surface area contributed by atoms with Crippen molar-refractivity contribution in [2.24, 2.45) is 5.92 Å². The lowest BCUT2D eigenvalue weighted by Crippen LogP contribution is -2.25. The number of hydrogen-bond donors (Lipinski definition) is 0. The Morgan fingerprint density at radius 2 is 2.23 bits per heavy atom. The smallest absolute Gasteiger partial charge is 0.376 e. The van der Waals surface area contributed by atoms with Crippen LogP contribution >= 0.6 is 10.7 Å². The molecule has 1 amide bonds. The van der Waals surface area contributed by atoms with E-state index in [2.05, 4.69) is 4.98 Å². The Labute approximate surface area is 131 Å². The van der Waals surface area contributed by atoms with E-state index in [1.165, 1.54) is 4.90 Å². The minimum Gasteiger partial charge on any atom is -0.460 e. The Balaban J connectivity index is 2.17. The van der Waals surface area contributed by atoms with Gasteiger partial charge in [-0.3, -0.25) is 9.69 Å². The van der Waals surface area contributed by atoms with E-state index in [-0.39, 0.29) is 43.0 Å². The first-order valence-corrected chi connectivity index (χ1v) is 9.06. The molecule has 0 spiro atoms. The van der Waals surface area contributed by atoms with Crippen LogP contribution in [0, 0.1) is 12.8 Å². The third kappa shape index (κ3) is 3.77. The zero-order valence-electron chi connectivity index (χ0n) is 12.0. The van der Waals surface area contributed by atoms with Crippen LogP contribution in [0.25, 0.3) is 0 Å². The van der Waals surface area contributed by atoms with Crippen molar-refractivity contribution in [1.29, 1.82) is 0 Å². The highest BCUT2D eigenvalue weighted by atomic mass is 35.7. The Kier molecular flexibility index (Phi) is 4.76. The summed E-state index contributed by atoms with van der Waals surface area (Å²) in [6, 6.07) is -0.0416. The van der Waals surface area contributed by atoms with Gasteiger partial charge in [0.1, 0.15) is 0 Å². The Morgan fingerprint density at radius 1 is 1.55 bits per heavy atom. The number of rotatable bonds is 5. The van der Waals surface area contributed by atoms with Gasteiger partial charge in [0.15, 0.2) is 0 Å².